The van der Waals surface area contributed by atoms with E-state index in [0.717, 1.165) is 10.0 Å². The fraction of sp³-hybridized carbons (Fsp3) is 0.400. The molecule has 0 bridgehead atoms. The van der Waals surface area contributed by atoms with Crippen molar-refractivity contribution in [1.29, 1.82) is 0 Å². The quantitative estimate of drug-likeness (QED) is 0.848. The summed E-state index contributed by atoms with van der Waals surface area (Å²) in [5.74, 6) is 0.403. The Labute approximate surface area is 93.4 Å². The van der Waals surface area contributed by atoms with Crippen molar-refractivity contribution < 1.29 is 8.42 Å². The topological polar surface area (TPSA) is 34.1 Å². The number of hydrogen-bond acceptors (Lipinski definition) is 2. The summed E-state index contributed by atoms with van der Waals surface area (Å²) in [7, 11) is -2.92. The van der Waals surface area contributed by atoms with Crippen molar-refractivity contribution in [2.45, 2.75) is 19.1 Å². The molecule has 0 saturated carbocycles. The summed E-state index contributed by atoms with van der Waals surface area (Å²) < 4.78 is 23.9. The van der Waals surface area contributed by atoms with Gasteiger partial charge in [0.2, 0.25) is 0 Å². The van der Waals surface area contributed by atoms with Gasteiger partial charge in [0.15, 0.2) is 9.84 Å². The van der Waals surface area contributed by atoms with Crippen LogP contribution in [0.2, 0.25) is 0 Å². The van der Waals surface area contributed by atoms with Crippen molar-refractivity contribution in [3.05, 3.63) is 34.3 Å². The maximum absolute atomic E-state index is 11.5. The summed E-state index contributed by atoms with van der Waals surface area (Å²) in [6, 6.07) is 7.40. The third-order valence-electron chi connectivity index (χ3n) is 1.79. The lowest BCUT2D eigenvalue weighted by molar-refractivity contribution is 0.594. The maximum atomic E-state index is 11.5. The lowest BCUT2D eigenvalue weighted by atomic mass is 10.2. The van der Waals surface area contributed by atoms with Crippen molar-refractivity contribution in [3.8, 4) is 0 Å². The molecule has 4 heteroatoms. The van der Waals surface area contributed by atoms with Crippen molar-refractivity contribution in [1.82, 2.24) is 0 Å². The second-order valence-electron chi connectivity index (χ2n) is 3.22. The first-order chi connectivity index (χ1) is 6.53. The van der Waals surface area contributed by atoms with E-state index in [1.54, 1.807) is 0 Å². The van der Waals surface area contributed by atoms with Gasteiger partial charge in [-0.25, -0.2) is 8.42 Å². The molecule has 1 rings (SSSR count). The molecule has 1 aromatic rings. The van der Waals surface area contributed by atoms with Gasteiger partial charge in [-0.1, -0.05) is 35.0 Å². The van der Waals surface area contributed by atoms with E-state index in [1.165, 1.54) is 0 Å². The van der Waals surface area contributed by atoms with E-state index in [9.17, 15) is 8.42 Å². The van der Waals surface area contributed by atoms with E-state index in [-0.39, 0.29) is 11.5 Å². The summed E-state index contributed by atoms with van der Waals surface area (Å²) in [6.45, 7) is 1.87. The van der Waals surface area contributed by atoms with E-state index in [0.29, 0.717) is 6.42 Å². The van der Waals surface area contributed by atoms with Crippen LogP contribution < -0.4 is 0 Å². The third kappa shape index (κ3) is 3.80. The number of hydrogen-bond donors (Lipinski definition) is 0. The molecule has 78 valence electrons. The highest BCUT2D eigenvalue weighted by atomic mass is 79.9. The Morgan fingerprint density at radius 3 is 2.64 bits per heavy atom. The van der Waals surface area contributed by atoms with Crippen LogP contribution >= 0.6 is 15.9 Å². The summed E-state index contributed by atoms with van der Waals surface area (Å²) in [5.41, 5.74) is 0.841. The monoisotopic (exact) mass is 276 g/mol. The first kappa shape index (κ1) is 11.7. The smallest absolute Gasteiger partial charge is 0.154 e. The molecule has 2 nitrogen and oxygen atoms in total. The molecule has 0 N–H and O–H groups in total. The number of benzene rings is 1. The average molecular weight is 277 g/mol. The van der Waals surface area contributed by atoms with Crippen LogP contribution in [0, 0.1) is 0 Å². The minimum Gasteiger partial charge on any atom is -0.228 e. The normalized spacial score (nSPS) is 11.6. The van der Waals surface area contributed by atoms with Crippen LogP contribution in [0.15, 0.2) is 28.7 Å². The third-order valence-corrected chi connectivity index (χ3v) is 4.09. The van der Waals surface area contributed by atoms with Gasteiger partial charge in [0.25, 0.3) is 0 Å². The molecule has 0 fully saturated rings. The van der Waals surface area contributed by atoms with Crippen LogP contribution in [0.5, 0.6) is 0 Å². The predicted octanol–water partition coefficient (Wildman–Crippen LogP) is 2.77. The standard InChI is InChI=1S/C10H13BrO2S/c1-2-6-14(12,13)8-9-4-3-5-10(11)7-9/h3-5,7H,2,6,8H2,1H3. The van der Waals surface area contributed by atoms with Gasteiger partial charge in [0, 0.05) is 4.47 Å². The maximum Gasteiger partial charge on any atom is 0.154 e. The molecular formula is C10H13BrO2S. The van der Waals surface area contributed by atoms with E-state index in [1.807, 2.05) is 31.2 Å². The first-order valence-corrected chi connectivity index (χ1v) is 7.10. The molecule has 0 aliphatic heterocycles. The van der Waals surface area contributed by atoms with Gasteiger partial charge in [-0.2, -0.15) is 0 Å². The average Bonchev–Trinajstić information content (AvgIpc) is 2.02. The molecular weight excluding hydrogens is 264 g/mol. The number of halogens is 1. The predicted molar refractivity (Wildman–Crippen MR) is 61.9 cm³/mol. The minimum absolute atomic E-state index is 0.139. The van der Waals surface area contributed by atoms with Crippen LogP contribution in [0.4, 0.5) is 0 Å². The summed E-state index contributed by atoms with van der Waals surface area (Å²) in [6.07, 6.45) is 0.677. The second kappa shape index (κ2) is 4.94. The number of sulfone groups is 1. The van der Waals surface area contributed by atoms with Gasteiger partial charge < -0.3 is 0 Å². The molecule has 14 heavy (non-hydrogen) atoms. The molecule has 0 aliphatic carbocycles. The molecule has 0 aliphatic rings. The van der Waals surface area contributed by atoms with Crippen LogP contribution in [0.3, 0.4) is 0 Å². The van der Waals surface area contributed by atoms with Gasteiger partial charge in [-0.15, -0.1) is 0 Å². The van der Waals surface area contributed by atoms with Gasteiger partial charge in [0.05, 0.1) is 11.5 Å². The Hall–Kier alpha value is -0.350. The molecule has 0 heterocycles. The highest BCUT2D eigenvalue weighted by Crippen LogP contribution is 2.14. The van der Waals surface area contributed by atoms with Gasteiger partial charge >= 0.3 is 0 Å². The van der Waals surface area contributed by atoms with Gasteiger partial charge in [-0.05, 0) is 24.1 Å². The Bertz CT molecular complexity index is 398. The molecule has 0 radical (unpaired) electrons. The van der Waals surface area contributed by atoms with Crippen molar-refractivity contribution in [3.63, 3.8) is 0 Å². The summed E-state index contributed by atoms with van der Waals surface area (Å²) in [4.78, 5) is 0. The zero-order valence-electron chi connectivity index (χ0n) is 8.03. The van der Waals surface area contributed by atoms with Crippen LogP contribution in [-0.2, 0) is 15.6 Å². The van der Waals surface area contributed by atoms with Crippen LogP contribution in [0.25, 0.3) is 0 Å². The molecule has 0 amide bonds. The van der Waals surface area contributed by atoms with E-state index in [4.69, 9.17) is 0 Å². The highest BCUT2D eigenvalue weighted by molar-refractivity contribution is 9.10. The molecule has 1 aromatic carbocycles. The Morgan fingerprint density at radius 1 is 1.36 bits per heavy atom. The van der Waals surface area contributed by atoms with E-state index in [2.05, 4.69) is 15.9 Å². The molecule has 0 atom stereocenters. The Balaban J connectivity index is 2.79. The lowest BCUT2D eigenvalue weighted by Gasteiger charge is -2.02. The first-order valence-electron chi connectivity index (χ1n) is 4.48. The highest BCUT2D eigenvalue weighted by Gasteiger charge is 2.10. The van der Waals surface area contributed by atoms with Crippen LogP contribution in [-0.4, -0.2) is 14.2 Å². The fourth-order valence-electron chi connectivity index (χ4n) is 1.26. The largest absolute Gasteiger partial charge is 0.228 e. The summed E-state index contributed by atoms with van der Waals surface area (Å²) >= 11 is 3.31. The zero-order valence-corrected chi connectivity index (χ0v) is 10.4. The molecule has 0 aromatic heterocycles. The van der Waals surface area contributed by atoms with Crippen molar-refractivity contribution >= 4 is 25.8 Å². The molecule has 0 unspecified atom stereocenters. The van der Waals surface area contributed by atoms with Crippen molar-refractivity contribution in [2.24, 2.45) is 0 Å². The Morgan fingerprint density at radius 2 is 2.07 bits per heavy atom. The zero-order chi connectivity index (χ0) is 10.6. The number of rotatable bonds is 4. The fourth-order valence-corrected chi connectivity index (χ4v) is 3.16. The van der Waals surface area contributed by atoms with E-state index < -0.39 is 9.84 Å². The Kier molecular flexibility index (Phi) is 4.13. The summed E-state index contributed by atoms with van der Waals surface area (Å²) in [5, 5.41) is 0. The molecule has 0 spiro atoms. The second-order valence-corrected chi connectivity index (χ2v) is 6.32. The van der Waals surface area contributed by atoms with Gasteiger partial charge in [0.1, 0.15) is 0 Å². The lowest BCUT2D eigenvalue weighted by Crippen LogP contribution is -2.08. The van der Waals surface area contributed by atoms with E-state index >= 15 is 0 Å². The molecule has 0 saturated heterocycles. The van der Waals surface area contributed by atoms with Crippen LogP contribution in [0.1, 0.15) is 18.9 Å². The van der Waals surface area contributed by atoms with Gasteiger partial charge in [-0.3, -0.25) is 0 Å². The minimum atomic E-state index is -2.92. The van der Waals surface area contributed by atoms with Crippen molar-refractivity contribution in [2.75, 3.05) is 5.75 Å². The SMILES string of the molecule is CCCS(=O)(=O)Cc1cccc(Br)c1.